The van der Waals surface area contributed by atoms with Crippen molar-refractivity contribution in [2.24, 2.45) is 0 Å². The van der Waals surface area contributed by atoms with Crippen molar-refractivity contribution < 1.29 is 27.6 Å². The molecule has 164 valence electrons. The first-order valence-corrected chi connectivity index (χ1v) is 9.39. The number of hydrogen-bond donors (Lipinski definition) is 4. The molecule has 4 N–H and O–H groups in total. The Morgan fingerprint density at radius 3 is 2.34 bits per heavy atom. The Morgan fingerprint density at radius 2 is 1.75 bits per heavy atom. The lowest BCUT2D eigenvalue weighted by atomic mass is 9.94. The normalized spacial score (nSPS) is 18.2. The van der Waals surface area contributed by atoms with Crippen molar-refractivity contribution in [2.45, 2.75) is 11.7 Å². The quantitative estimate of drug-likeness (QED) is 0.454. The summed E-state index contributed by atoms with van der Waals surface area (Å²) in [5, 5.41) is 13.7. The molecule has 0 spiro atoms. The second kappa shape index (κ2) is 7.84. The van der Waals surface area contributed by atoms with E-state index in [1.807, 2.05) is 0 Å². The Balaban J connectivity index is 1.60. The number of halogens is 3. The number of hydrogen-bond acceptors (Lipinski definition) is 4. The molecule has 11 heteroatoms. The molecule has 1 fully saturated rings. The van der Waals surface area contributed by atoms with Crippen LogP contribution in [0, 0.1) is 0 Å². The van der Waals surface area contributed by atoms with Gasteiger partial charge < -0.3 is 10.6 Å². The van der Waals surface area contributed by atoms with Gasteiger partial charge in [0.1, 0.15) is 0 Å². The van der Waals surface area contributed by atoms with Gasteiger partial charge in [-0.1, -0.05) is 30.3 Å². The van der Waals surface area contributed by atoms with Gasteiger partial charge in [-0.3, -0.25) is 20.0 Å². The monoisotopic (exact) mass is 443 g/mol. The highest BCUT2D eigenvalue weighted by molar-refractivity contribution is 6.08. The van der Waals surface area contributed by atoms with Crippen LogP contribution in [0.5, 0.6) is 0 Å². The van der Waals surface area contributed by atoms with Gasteiger partial charge in [0.25, 0.3) is 11.8 Å². The molecular formula is C21H16F3N5O3. The number of carbonyl (C=O) groups excluding carboxylic acids is 3. The third-order valence-corrected chi connectivity index (χ3v) is 5.11. The highest BCUT2D eigenvalue weighted by Gasteiger charge is 2.49. The molecule has 1 saturated heterocycles. The number of benzene rings is 2. The van der Waals surface area contributed by atoms with E-state index in [9.17, 15) is 27.6 Å². The first kappa shape index (κ1) is 21.1. The third kappa shape index (κ3) is 3.80. The van der Waals surface area contributed by atoms with Crippen molar-refractivity contribution in [3.05, 3.63) is 77.6 Å². The lowest BCUT2D eigenvalue weighted by molar-refractivity contribution is -0.137. The minimum Gasteiger partial charge on any atom is -0.349 e. The van der Waals surface area contributed by atoms with E-state index in [-0.39, 0.29) is 17.8 Å². The summed E-state index contributed by atoms with van der Waals surface area (Å²) in [7, 11) is 0. The number of amides is 4. The zero-order valence-corrected chi connectivity index (χ0v) is 16.3. The fraction of sp³-hybridized carbons (Fsp3) is 0.143. The van der Waals surface area contributed by atoms with Crippen LogP contribution in [-0.4, -0.2) is 34.6 Å². The van der Waals surface area contributed by atoms with Crippen LogP contribution < -0.4 is 16.0 Å². The van der Waals surface area contributed by atoms with E-state index in [0.29, 0.717) is 11.1 Å². The number of H-pyrrole nitrogens is 1. The second-order valence-electron chi connectivity index (χ2n) is 7.09. The molecule has 0 radical (unpaired) electrons. The smallest absolute Gasteiger partial charge is 0.349 e. The van der Waals surface area contributed by atoms with Gasteiger partial charge in [0.2, 0.25) is 0 Å². The first-order chi connectivity index (χ1) is 15.2. The van der Waals surface area contributed by atoms with Crippen LogP contribution in [0.2, 0.25) is 0 Å². The Labute approximate surface area is 179 Å². The van der Waals surface area contributed by atoms with Crippen molar-refractivity contribution >= 4 is 17.8 Å². The second-order valence-corrected chi connectivity index (χ2v) is 7.09. The molecule has 4 amide bonds. The Kier molecular flexibility index (Phi) is 5.17. The number of carbonyl (C=O) groups is 3. The summed E-state index contributed by atoms with van der Waals surface area (Å²) in [5.74, 6) is -1.24. The van der Waals surface area contributed by atoms with Crippen molar-refractivity contribution in [3.63, 3.8) is 0 Å². The van der Waals surface area contributed by atoms with E-state index in [1.54, 1.807) is 18.2 Å². The summed E-state index contributed by atoms with van der Waals surface area (Å²) in [6.45, 7) is -0.285. The van der Waals surface area contributed by atoms with E-state index in [2.05, 4.69) is 26.1 Å². The molecule has 0 bridgehead atoms. The van der Waals surface area contributed by atoms with Gasteiger partial charge in [-0.15, -0.1) is 0 Å². The predicted octanol–water partition coefficient (Wildman–Crippen LogP) is 2.56. The Hall–Kier alpha value is -4.15. The first-order valence-electron chi connectivity index (χ1n) is 9.39. The molecule has 0 saturated carbocycles. The summed E-state index contributed by atoms with van der Waals surface area (Å²) in [6.07, 6.45) is -3.07. The summed E-state index contributed by atoms with van der Waals surface area (Å²) >= 11 is 0. The standard InChI is InChI=1S/C21H16F3N5O3/c22-21(23,24)13-7-5-12(6-8-13)14-3-1-2-4-15(14)17(30)25-11-20(16-9-10-26-29-16)18(31)27-19(32)28-20/h1-10H,11H2,(H,25,30)(H,26,29)(H2,27,28,31,32). The van der Waals surface area contributed by atoms with E-state index >= 15 is 0 Å². The van der Waals surface area contributed by atoms with Gasteiger partial charge in [0, 0.05) is 11.8 Å². The maximum atomic E-state index is 13.0. The van der Waals surface area contributed by atoms with Crippen LogP contribution in [0.15, 0.2) is 60.8 Å². The van der Waals surface area contributed by atoms with Gasteiger partial charge in [0.05, 0.1) is 17.8 Å². The average Bonchev–Trinajstić information content (AvgIpc) is 3.40. The summed E-state index contributed by atoms with van der Waals surface area (Å²) in [6, 6.07) is 11.6. The topological polar surface area (TPSA) is 116 Å². The van der Waals surface area contributed by atoms with Crippen LogP contribution in [0.1, 0.15) is 21.6 Å². The highest BCUT2D eigenvalue weighted by atomic mass is 19.4. The molecule has 1 aliphatic rings. The summed E-state index contributed by atoms with van der Waals surface area (Å²) in [5.41, 5.74) is -1.08. The van der Waals surface area contributed by atoms with Crippen molar-refractivity contribution in [2.75, 3.05) is 6.54 Å². The minimum absolute atomic E-state index is 0.191. The predicted molar refractivity (Wildman–Crippen MR) is 106 cm³/mol. The van der Waals surface area contributed by atoms with Gasteiger partial charge >= 0.3 is 12.2 Å². The SMILES string of the molecule is O=C1NC(=O)C(CNC(=O)c2ccccc2-c2ccc(C(F)(F)F)cc2)(c2ccn[nH]2)N1. The largest absolute Gasteiger partial charge is 0.416 e. The molecule has 1 aliphatic heterocycles. The number of urea groups is 1. The van der Waals surface area contributed by atoms with Crippen LogP contribution >= 0.6 is 0 Å². The fourth-order valence-corrected chi connectivity index (χ4v) is 3.47. The molecule has 32 heavy (non-hydrogen) atoms. The molecule has 8 nitrogen and oxygen atoms in total. The van der Waals surface area contributed by atoms with Crippen LogP contribution in [0.25, 0.3) is 11.1 Å². The molecule has 4 rings (SSSR count). The minimum atomic E-state index is -4.47. The van der Waals surface area contributed by atoms with E-state index < -0.39 is 35.1 Å². The molecule has 1 unspecified atom stereocenters. The molecule has 2 heterocycles. The van der Waals surface area contributed by atoms with Crippen LogP contribution in [-0.2, 0) is 16.5 Å². The van der Waals surface area contributed by atoms with Gasteiger partial charge in [-0.25, -0.2) is 4.79 Å². The highest BCUT2D eigenvalue weighted by Crippen LogP contribution is 2.32. The fourth-order valence-electron chi connectivity index (χ4n) is 3.47. The van der Waals surface area contributed by atoms with Crippen LogP contribution in [0.3, 0.4) is 0 Å². The van der Waals surface area contributed by atoms with Crippen molar-refractivity contribution in [3.8, 4) is 11.1 Å². The van der Waals surface area contributed by atoms with E-state index in [1.165, 1.54) is 30.5 Å². The maximum absolute atomic E-state index is 13.0. The van der Waals surface area contributed by atoms with Crippen molar-refractivity contribution in [1.82, 2.24) is 26.1 Å². The summed E-state index contributed by atoms with van der Waals surface area (Å²) in [4.78, 5) is 37.2. The van der Waals surface area contributed by atoms with E-state index in [4.69, 9.17) is 0 Å². The Bertz CT molecular complexity index is 1180. The molecule has 0 aliphatic carbocycles. The zero-order valence-electron chi connectivity index (χ0n) is 16.3. The van der Waals surface area contributed by atoms with Gasteiger partial charge in [0.15, 0.2) is 5.54 Å². The lowest BCUT2D eigenvalue weighted by Gasteiger charge is -2.25. The number of imide groups is 1. The molecule has 2 aromatic carbocycles. The van der Waals surface area contributed by atoms with Crippen molar-refractivity contribution in [1.29, 1.82) is 0 Å². The van der Waals surface area contributed by atoms with E-state index in [0.717, 1.165) is 12.1 Å². The molecule has 3 aromatic rings. The molecular weight excluding hydrogens is 427 g/mol. The summed E-state index contributed by atoms with van der Waals surface area (Å²) < 4.78 is 38.6. The lowest BCUT2D eigenvalue weighted by Crippen LogP contribution is -2.52. The van der Waals surface area contributed by atoms with Gasteiger partial charge in [-0.2, -0.15) is 18.3 Å². The molecule has 1 aromatic heterocycles. The molecule has 1 atom stereocenters. The van der Waals surface area contributed by atoms with Gasteiger partial charge in [-0.05, 0) is 35.4 Å². The maximum Gasteiger partial charge on any atom is 0.416 e. The number of nitrogens with one attached hydrogen (secondary N) is 4. The average molecular weight is 443 g/mol. The number of alkyl halides is 3. The Morgan fingerprint density at radius 1 is 1.03 bits per heavy atom. The zero-order chi connectivity index (χ0) is 22.9. The number of aromatic amines is 1. The third-order valence-electron chi connectivity index (χ3n) is 5.11. The number of nitrogens with zero attached hydrogens (tertiary/aromatic N) is 1. The van der Waals surface area contributed by atoms with Crippen LogP contribution in [0.4, 0.5) is 18.0 Å². The number of aromatic nitrogens is 2. The number of rotatable bonds is 5.